The lowest BCUT2D eigenvalue weighted by Crippen LogP contribution is -2.52. The Labute approximate surface area is 142 Å². The van der Waals surface area contributed by atoms with E-state index in [1.165, 1.54) is 25.7 Å². The van der Waals surface area contributed by atoms with Crippen LogP contribution < -0.4 is 0 Å². The molecule has 140 valence electrons. The Balaban J connectivity index is 4.17. The number of methoxy groups -OCH3 is 1. The average Bonchev–Trinajstić information content (AvgIpc) is 2.56. The van der Waals surface area contributed by atoms with Gasteiger partial charge in [-0.2, -0.15) is 0 Å². The molecule has 5 heteroatoms. The summed E-state index contributed by atoms with van der Waals surface area (Å²) in [5.41, 5.74) is -1.08. The Hall–Kier alpha value is -0.200. The van der Waals surface area contributed by atoms with Gasteiger partial charge in [0, 0.05) is 13.7 Å². The van der Waals surface area contributed by atoms with E-state index >= 15 is 0 Å². The van der Waals surface area contributed by atoms with Crippen LogP contribution in [0.15, 0.2) is 0 Å². The van der Waals surface area contributed by atoms with E-state index in [1.807, 2.05) is 6.92 Å². The molecule has 2 atom stereocenters. The Kier molecular flexibility index (Phi) is 13.0. The summed E-state index contributed by atoms with van der Waals surface area (Å²) in [6, 6.07) is 0. The van der Waals surface area contributed by atoms with Gasteiger partial charge in [-0.15, -0.1) is 0 Å². The van der Waals surface area contributed by atoms with E-state index < -0.39 is 11.5 Å². The number of rotatable bonds is 15. The van der Waals surface area contributed by atoms with Crippen molar-refractivity contribution in [3.63, 3.8) is 0 Å². The summed E-state index contributed by atoms with van der Waals surface area (Å²) < 4.78 is 11.2. The van der Waals surface area contributed by atoms with Crippen molar-refractivity contribution in [1.82, 2.24) is 0 Å². The van der Waals surface area contributed by atoms with Crippen LogP contribution in [0.25, 0.3) is 0 Å². The molecule has 0 bridgehead atoms. The molecule has 0 aromatic carbocycles. The minimum absolute atomic E-state index is 0.313. The van der Waals surface area contributed by atoms with Crippen molar-refractivity contribution < 1.29 is 24.8 Å². The first-order valence-electron chi connectivity index (χ1n) is 8.94. The molecule has 0 saturated heterocycles. The third kappa shape index (κ3) is 8.45. The molecular formula is C18H38O5. The second kappa shape index (κ2) is 13.1. The predicted molar refractivity (Wildman–Crippen MR) is 92.4 cm³/mol. The molecule has 2 unspecified atom stereocenters. The molecule has 0 aliphatic rings. The molecule has 0 aromatic rings. The predicted octanol–water partition coefficient (Wildman–Crippen LogP) is 2.37. The zero-order chi connectivity index (χ0) is 17.7. The Bertz CT molecular complexity index is 258. The van der Waals surface area contributed by atoms with Crippen molar-refractivity contribution in [1.29, 1.82) is 0 Å². The first-order chi connectivity index (χ1) is 11.0. The van der Waals surface area contributed by atoms with Gasteiger partial charge in [0.05, 0.1) is 37.4 Å². The smallest absolute Gasteiger partial charge is 0.0955 e. The fraction of sp³-hybridized carbons (Fsp3) is 1.00. The van der Waals surface area contributed by atoms with Gasteiger partial charge in [0.2, 0.25) is 0 Å². The van der Waals surface area contributed by atoms with Crippen LogP contribution >= 0.6 is 0 Å². The maximum absolute atomic E-state index is 9.58. The quantitative estimate of drug-likeness (QED) is 0.401. The summed E-state index contributed by atoms with van der Waals surface area (Å²) >= 11 is 0. The summed E-state index contributed by atoms with van der Waals surface area (Å²) in [4.78, 5) is 0. The Morgan fingerprint density at radius 1 is 0.826 bits per heavy atom. The molecule has 3 N–H and O–H groups in total. The number of aliphatic hydroxyl groups is 3. The highest BCUT2D eigenvalue weighted by atomic mass is 16.5. The fourth-order valence-corrected chi connectivity index (χ4v) is 2.75. The lowest BCUT2D eigenvalue weighted by atomic mass is 9.81. The number of ether oxygens (including phenoxy) is 2. The van der Waals surface area contributed by atoms with Gasteiger partial charge in [0.1, 0.15) is 0 Å². The summed E-state index contributed by atoms with van der Waals surface area (Å²) in [7, 11) is 1.56. The molecule has 0 radical (unpaired) electrons. The average molecular weight is 334 g/mol. The van der Waals surface area contributed by atoms with Crippen LogP contribution in [0.2, 0.25) is 0 Å². The first-order valence-corrected chi connectivity index (χ1v) is 8.94. The maximum atomic E-state index is 9.58. The molecule has 0 rings (SSSR count). The SMILES string of the molecule is COC(C)C(OCCCCCCCC(C)C)C(CO)(CO)CO. The normalized spacial score (nSPS) is 15.1. The number of unbranched alkanes of at least 4 members (excludes halogenated alkanes) is 4. The molecular weight excluding hydrogens is 296 g/mol. The van der Waals surface area contributed by atoms with Gasteiger partial charge in [-0.05, 0) is 19.3 Å². The van der Waals surface area contributed by atoms with E-state index in [4.69, 9.17) is 9.47 Å². The monoisotopic (exact) mass is 334 g/mol. The zero-order valence-corrected chi connectivity index (χ0v) is 15.5. The highest BCUT2D eigenvalue weighted by Crippen LogP contribution is 2.27. The van der Waals surface area contributed by atoms with E-state index in [9.17, 15) is 15.3 Å². The van der Waals surface area contributed by atoms with Gasteiger partial charge in [0.15, 0.2) is 0 Å². The molecule has 0 spiro atoms. The van der Waals surface area contributed by atoms with Gasteiger partial charge >= 0.3 is 0 Å². The first kappa shape index (κ1) is 22.8. The molecule has 0 fully saturated rings. The van der Waals surface area contributed by atoms with E-state index in [2.05, 4.69) is 13.8 Å². The molecule has 0 aliphatic heterocycles. The summed E-state index contributed by atoms with van der Waals surface area (Å²) in [5.74, 6) is 0.776. The third-order valence-corrected chi connectivity index (χ3v) is 4.57. The van der Waals surface area contributed by atoms with Crippen LogP contribution in [0, 0.1) is 11.3 Å². The number of aliphatic hydroxyl groups excluding tert-OH is 3. The Morgan fingerprint density at radius 2 is 1.35 bits per heavy atom. The Morgan fingerprint density at radius 3 is 1.83 bits per heavy atom. The second-order valence-corrected chi connectivity index (χ2v) is 7.02. The van der Waals surface area contributed by atoms with Crippen LogP contribution in [-0.2, 0) is 9.47 Å². The van der Waals surface area contributed by atoms with E-state index in [-0.39, 0.29) is 25.9 Å². The topological polar surface area (TPSA) is 79.2 Å². The molecule has 5 nitrogen and oxygen atoms in total. The van der Waals surface area contributed by atoms with Gasteiger partial charge in [-0.3, -0.25) is 0 Å². The standard InChI is InChI=1S/C18H38O5/c1-15(2)10-8-6-5-7-9-11-23-17(16(3)22-4)18(12-19,13-20)14-21/h15-17,19-21H,5-14H2,1-4H3. The molecule has 0 amide bonds. The molecule has 0 aliphatic carbocycles. The van der Waals surface area contributed by atoms with Crippen LogP contribution in [0.4, 0.5) is 0 Å². The van der Waals surface area contributed by atoms with Crippen molar-refractivity contribution in [2.24, 2.45) is 11.3 Å². The number of hydrogen-bond donors (Lipinski definition) is 3. The van der Waals surface area contributed by atoms with Crippen molar-refractivity contribution in [3.05, 3.63) is 0 Å². The fourth-order valence-electron chi connectivity index (χ4n) is 2.75. The highest BCUT2D eigenvalue weighted by molar-refractivity contribution is 4.90. The largest absolute Gasteiger partial charge is 0.396 e. The minimum Gasteiger partial charge on any atom is -0.396 e. The zero-order valence-electron chi connectivity index (χ0n) is 15.5. The van der Waals surface area contributed by atoms with Crippen molar-refractivity contribution in [3.8, 4) is 0 Å². The summed E-state index contributed by atoms with van der Waals surface area (Å²) in [5, 5.41) is 28.7. The maximum Gasteiger partial charge on any atom is 0.0955 e. The number of hydrogen-bond acceptors (Lipinski definition) is 5. The van der Waals surface area contributed by atoms with Gasteiger partial charge < -0.3 is 24.8 Å². The minimum atomic E-state index is -1.08. The van der Waals surface area contributed by atoms with Gasteiger partial charge in [-0.1, -0.05) is 46.0 Å². The van der Waals surface area contributed by atoms with E-state index in [0.717, 1.165) is 18.8 Å². The van der Waals surface area contributed by atoms with Crippen molar-refractivity contribution in [2.45, 2.75) is 71.5 Å². The van der Waals surface area contributed by atoms with Crippen molar-refractivity contribution in [2.75, 3.05) is 33.5 Å². The lowest BCUT2D eigenvalue weighted by molar-refractivity contribution is -0.159. The van der Waals surface area contributed by atoms with Crippen LogP contribution in [0.5, 0.6) is 0 Å². The van der Waals surface area contributed by atoms with E-state index in [0.29, 0.717) is 6.61 Å². The van der Waals surface area contributed by atoms with Gasteiger partial charge in [0.25, 0.3) is 0 Å². The highest BCUT2D eigenvalue weighted by Gasteiger charge is 2.42. The molecule has 0 aromatic heterocycles. The molecule has 0 heterocycles. The molecule has 0 saturated carbocycles. The van der Waals surface area contributed by atoms with Gasteiger partial charge in [-0.25, -0.2) is 0 Å². The summed E-state index contributed by atoms with van der Waals surface area (Å²) in [6.07, 6.45) is 6.22. The molecule has 23 heavy (non-hydrogen) atoms. The third-order valence-electron chi connectivity index (χ3n) is 4.57. The second-order valence-electron chi connectivity index (χ2n) is 7.02. The van der Waals surface area contributed by atoms with Crippen LogP contribution in [-0.4, -0.2) is 61.1 Å². The lowest BCUT2D eigenvalue weighted by Gasteiger charge is -2.39. The van der Waals surface area contributed by atoms with Crippen molar-refractivity contribution >= 4 is 0 Å². The van der Waals surface area contributed by atoms with E-state index in [1.54, 1.807) is 7.11 Å². The summed E-state index contributed by atoms with van der Waals surface area (Å²) in [6.45, 7) is 5.85. The van der Waals surface area contributed by atoms with Crippen LogP contribution in [0.3, 0.4) is 0 Å². The van der Waals surface area contributed by atoms with Crippen LogP contribution in [0.1, 0.15) is 59.3 Å².